The van der Waals surface area contributed by atoms with Crippen LogP contribution in [0.15, 0.2) is 77.1 Å². The molecule has 1 amide bonds. The Morgan fingerprint density at radius 3 is 2.53 bits per heavy atom. The molecule has 2 aromatic heterocycles. The first kappa shape index (κ1) is 20.3. The van der Waals surface area contributed by atoms with Gasteiger partial charge in [-0.25, -0.2) is 12.8 Å². The normalized spacial score (nSPS) is 11.6. The summed E-state index contributed by atoms with van der Waals surface area (Å²) in [5.74, 6) is -0.862. The second-order valence-corrected chi connectivity index (χ2v) is 9.87. The number of hydrogen-bond acceptors (Lipinski definition) is 4. The third kappa shape index (κ3) is 4.44. The first-order valence-electron chi connectivity index (χ1n) is 9.26. The number of fused-ring (bicyclic) bond motifs is 1. The van der Waals surface area contributed by atoms with Crippen molar-refractivity contribution < 1.29 is 17.6 Å². The van der Waals surface area contributed by atoms with Crippen LogP contribution in [-0.4, -0.2) is 18.9 Å². The molecule has 8 heteroatoms. The lowest BCUT2D eigenvalue weighted by molar-refractivity contribution is -0.121. The van der Waals surface area contributed by atoms with Gasteiger partial charge in [0.15, 0.2) is 9.84 Å². The third-order valence-electron chi connectivity index (χ3n) is 4.71. The number of halogens is 1. The van der Waals surface area contributed by atoms with Crippen LogP contribution in [0.3, 0.4) is 0 Å². The average Bonchev–Trinajstić information content (AvgIpc) is 3.37. The van der Waals surface area contributed by atoms with E-state index in [4.69, 9.17) is 0 Å². The zero-order valence-corrected chi connectivity index (χ0v) is 17.5. The average molecular weight is 443 g/mol. The standard InChI is InChI=1S/C22H19FN2O3S2/c23-17-9-7-16(8-10-17)15-30(27,28)21-13-25(20-6-2-1-5-19(20)21)14-22(26)24-12-18-4-3-11-29-18/h1-11,13H,12,14-15H2,(H,24,26). The predicted octanol–water partition coefficient (Wildman–Crippen LogP) is 4.13. The van der Waals surface area contributed by atoms with E-state index in [9.17, 15) is 17.6 Å². The molecule has 2 heterocycles. The molecule has 4 rings (SSSR count). The Bertz CT molecular complexity index is 1280. The quantitative estimate of drug-likeness (QED) is 0.468. The summed E-state index contributed by atoms with van der Waals surface area (Å²) in [7, 11) is -3.69. The summed E-state index contributed by atoms with van der Waals surface area (Å²) in [6, 6.07) is 16.4. The van der Waals surface area contributed by atoms with Gasteiger partial charge in [0.1, 0.15) is 12.4 Å². The van der Waals surface area contributed by atoms with Crippen LogP contribution in [0.4, 0.5) is 4.39 Å². The van der Waals surface area contributed by atoms with Crippen LogP contribution in [0.1, 0.15) is 10.4 Å². The molecule has 0 aliphatic carbocycles. The lowest BCUT2D eigenvalue weighted by atomic mass is 10.2. The number of aromatic nitrogens is 1. The molecule has 0 saturated heterocycles. The molecule has 0 fully saturated rings. The first-order valence-corrected chi connectivity index (χ1v) is 11.8. The van der Waals surface area contributed by atoms with Crippen molar-refractivity contribution in [2.45, 2.75) is 23.7 Å². The van der Waals surface area contributed by atoms with Gasteiger partial charge in [0, 0.05) is 22.0 Å². The minimum atomic E-state index is -3.69. The molecule has 154 valence electrons. The molecule has 0 aliphatic rings. The van der Waals surface area contributed by atoms with Gasteiger partial charge in [-0.2, -0.15) is 0 Å². The fourth-order valence-electron chi connectivity index (χ4n) is 3.28. The molecule has 30 heavy (non-hydrogen) atoms. The van der Waals surface area contributed by atoms with Crippen molar-refractivity contribution in [3.63, 3.8) is 0 Å². The molecule has 4 aromatic rings. The number of hydrogen-bond donors (Lipinski definition) is 1. The van der Waals surface area contributed by atoms with E-state index in [0.717, 1.165) is 4.88 Å². The maximum absolute atomic E-state index is 13.1. The Morgan fingerprint density at radius 1 is 1.03 bits per heavy atom. The summed E-state index contributed by atoms with van der Waals surface area (Å²) < 4.78 is 40.9. The molecule has 5 nitrogen and oxygen atoms in total. The Kier molecular flexibility index (Phi) is 5.69. The number of para-hydroxylation sites is 1. The number of carbonyl (C=O) groups is 1. The van der Waals surface area contributed by atoms with Crippen LogP contribution < -0.4 is 5.32 Å². The number of sulfone groups is 1. The summed E-state index contributed by atoms with van der Waals surface area (Å²) in [5, 5.41) is 5.36. The van der Waals surface area contributed by atoms with Crippen LogP contribution in [0.2, 0.25) is 0 Å². The number of thiophene rings is 1. The monoisotopic (exact) mass is 442 g/mol. The lowest BCUT2D eigenvalue weighted by Crippen LogP contribution is -2.26. The van der Waals surface area contributed by atoms with E-state index in [0.29, 0.717) is 23.0 Å². The van der Waals surface area contributed by atoms with Crippen molar-refractivity contribution in [1.29, 1.82) is 0 Å². The molecule has 2 aromatic carbocycles. The Morgan fingerprint density at radius 2 is 1.80 bits per heavy atom. The van der Waals surface area contributed by atoms with E-state index in [1.165, 1.54) is 30.5 Å². The van der Waals surface area contributed by atoms with Gasteiger partial charge < -0.3 is 9.88 Å². The van der Waals surface area contributed by atoms with Gasteiger partial charge in [-0.3, -0.25) is 4.79 Å². The minimum absolute atomic E-state index is 0.0119. The SMILES string of the molecule is O=C(Cn1cc(S(=O)(=O)Cc2ccc(F)cc2)c2ccccc21)NCc1cccs1. The molecule has 0 saturated carbocycles. The van der Waals surface area contributed by atoms with Crippen molar-refractivity contribution in [2.75, 3.05) is 0 Å². The Labute approximate surface area is 177 Å². The second-order valence-electron chi connectivity index (χ2n) is 6.88. The Balaban J connectivity index is 1.60. The summed E-state index contributed by atoms with van der Waals surface area (Å²) in [5.41, 5.74) is 1.17. The van der Waals surface area contributed by atoms with Crippen molar-refractivity contribution in [1.82, 2.24) is 9.88 Å². The fourth-order valence-corrected chi connectivity index (χ4v) is 5.51. The summed E-state index contributed by atoms with van der Waals surface area (Å²) in [6.07, 6.45) is 1.51. The summed E-state index contributed by atoms with van der Waals surface area (Å²) in [6.45, 7) is 0.448. The second kappa shape index (κ2) is 8.41. The van der Waals surface area contributed by atoms with Gasteiger partial charge in [-0.05, 0) is 35.2 Å². The van der Waals surface area contributed by atoms with Crippen LogP contribution in [0.5, 0.6) is 0 Å². The molecule has 1 N–H and O–H groups in total. The smallest absolute Gasteiger partial charge is 0.240 e. The van der Waals surface area contributed by atoms with E-state index < -0.39 is 15.7 Å². The van der Waals surface area contributed by atoms with E-state index >= 15 is 0 Å². The number of nitrogens with zero attached hydrogens (tertiary/aromatic N) is 1. The van der Waals surface area contributed by atoms with Crippen molar-refractivity contribution in [3.05, 3.63) is 88.5 Å². The highest BCUT2D eigenvalue weighted by atomic mass is 32.2. The van der Waals surface area contributed by atoms with Crippen molar-refractivity contribution in [3.8, 4) is 0 Å². The number of carbonyl (C=O) groups excluding carboxylic acids is 1. The van der Waals surface area contributed by atoms with Gasteiger partial charge >= 0.3 is 0 Å². The number of nitrogens with one attached hydrogen (secondary N) is 1. The van der Waals surface area contributed by atoms with Gasteiger partial charge in [-0.15, -0.1) is 11.3 Å². The van der Waals surface area contributed by atoms with Gasteiger partial charge in [0.05, 0.1) is 17.2 Å². The van der Waals surface area contributed by atoms with Crippen molar-refractivity contribution >= 4 is 38.0 Å². The zero-order chi connectivity index (χ0) is 21.1. The molecule has 0 atom stereocenters. The van der Waals surface area contributed by atoms with E-state index in [-0.39, 0.29) is 23.1 Å². The molecule has 0 aliphatic heterocycles. The van der Waals surface area contributed by atoms with E-state index in [1.54, 1.807) is 40.2 Å². The highest BCUT2D eigenvalue weighted by Crippen LogP contribution is 2.28. The lowest BCUT2D eigenvalue weighted by Gasteiger charge is -2.06. The topological polar surface area (TPSA) is 68.2 Å². The highest BCUT2D eigenvalue weighted by Gasteiger charge is 2.22. The largest absolute Gasteiger partial charge is 0.350 e. The molecule has 0 spiro atoms. The summed E-state index contributed by atoms with van der Waals surface area (Å²) in [4.78, 5) is 13.6. The van der Waals surface area contributed by atoms with Gasteiger partial charge in [0.2, 0.25) is 5.91 Å². The highest BCUT2D eigenvalue weighted by molar-refractivity contribution is 7.90. The van der Waals surface area contributed by atoms with E-state index in [2.05, 4.69) is 5.32 Å². The zero-order valence-electron chi connectivity index (χ0n) is 15.9. The number of amides is 1. The van der Waals surface area contributed by atoms with Crippen LogP contribution in [0, 0.1) is 5.82 Å². The number of rotatable bonds is 7. The first-order chi connectivity index (χ1) is 14.4. The molecule has 0 radical (unpaired) electrons. The maximum Gasteiger partial charge on any atom is 0.240 e. The minimum Gasteiger partial charge on any atom is -0.350 e. The number of benzene rings is 2. The molecular weight excluding hydrogens is 423 g/mol. The summed E-state index contributed by atoms with van der Waals surface area (Å²) >= 11 is 1.56. The Hall–Kier alpha value is -2.97. The fraction of sp³-hybridized carbons (Fsp3) is 0.136. The molecular formula is C22H19FN2O3S2. The predicted molar refractivity (Wildman–Crippen MR) is 115 cm³/mol. The molecule has 0 bridgehead atoms. The third-order valence-corrected chi connectivity index (χ3v) is 7.30. The van der Waals surface area contributed by atoms with Crippen LogP contribution in [-0.2, 0) is 33.5 Å². The van der Waals surface area contributed by atoms with Crippen LogP contribution in [0.25, 0.3) is 10.9 Å². The van der Waals surface area contributed by atoms with Crippen LogP contribution >= 0.6 is 11.3 Å². The van der Waals surface area contributed by atoms with E-state index in [1.807, 2.05) is 17.5 Å². The van der Waals surface area contributed by atoms with Gasteiger partial charge in [-0.1, -0.05) is 36.4 Å². The van der Waals surface area contributed by atoms with Crippen molar-refractivity contribution in [2.24, 2.45) is 0 Å². The maximum atomic E-state index is 13.1. The molecule has 0 unspecified atom stereocenters. The van der Waals surface area contributed by atoms with Gasteiger partial charge in [0.25, 0.3) is 0 Å².